The number of nitrogens with two attached hydrogens (primary N) is 1. The summed E-state index contributed by atoms with van der Waals surface area (Å²) in [7, 11) is 0. The fraction of sp³-hybridized carbons (Fsp3) is 0.211. The van der Waals surface area contributed by atoms with E-state index < -0.39 is 5.97 Å². The molecule has 0 saturated heterocycles. The van der Waals surface area contributed by atoms with Gasteiger partial charge >= 0.3 is 5.97 Å². The van der Waals surface area contributed by atoms with Crippen molar-refractivity contribution in [1.29, 1.82) is 0 Å². The fourth-order valence-electron chi connectivity index (χ4n) is 3.03. The van der Waals surface area contributed by atoms with E-state index in [9.17, 15) is 9.18 Å². The molecule has 0 aliphatic heterocycles. The van der Waals surface area contributed by atoms with Crippen molar-refractivity contribution in [2.24, 2.45) is 5.73 Å². The molecule has 1 aromatic heterocycles. The predicted octanol–water partition coefficient (Wildman–Crippen LogP) is 4.49. The number of halogens is 2. The largest absolute Gasteiger partial charge is 0.481 e. The van der Waals surface area contributed by atoms with Gasteiger partial charge in [0.25, 0.3) is 0 Å². The summed E-state index contributed by atoms with van der Waals surface area (Å²) in [5.74, 6) is -1.16. The summed E-state index contributed by atoms with van der Waals surface area (Å²) in [6.45, 7) is 0.111. The van der Waals surface area contributed by atoms with Crippen LogP contribution in [0.25, 0.3) is 22.2 Å². The highest BCUT2D eigenvalue weighted by atomic mass is 35.5. The summed E-state index contributed by atoms with van der Waals surface area (Å²) in [5.41, 5.74) is 9.60. The molecule has 3 aromatic rings. The molecular formula is C19H18ClFN2O2. The Balaban J connectivity index is 2.11. The zero-order valence-corrected chi connectivity index (χ0v) is 14.2. The van der Waals surface area contributed by atoms with Gasteiger partial charge in [-0.15, -0.1) is 0 Å². The van der Waals surface area contributed by atoms with E-state index in [1.807, 2.05) is 12.1 Å². The summed E-state index contributed by atoms with van der Waals surface area (Å²) in [4.78, 5) is 14.2. The van der Waals surface area contributed by atoms with Gasteiger partial charge < -0.3 is 15.8 Å². The molecule has 130 valence electrons. The second-order valence-electron chi connectivity index (χ2n) is 5.93. The average molecular weight is 361 g/mol. The van der Waals surface area contributed by atoms with Crippen LogP contribution in [0.1, 0.15) is 24.0 Å². The number of fused-ring (bicyclic) bond motifs is 1. The van der Waals surface area contributed by atoms with Crippen molar-refractivity contribution in [1.82, 2.24) is 4.98 Å². The number of benzene rings is 2. The van der Waals surface area contributed by atoms with E-state index in [2.05, 4.69) is 4.98 Å². The Labute approximate surface area is 149 Å². The van der Waals surface area contributed by atoms with Gasteiger partial charge in [-0.25, -0.2) is 4.39 Å². The summed E-state index contributed by atoms with van der Waals surface area (Å²) in [5, 5.41) is 10.5. The molecule has 6 heteroatoms. The minimum absolute atomic E-state index is 0.0874. The van der Waals surface area contributed by atoms with Crippen molar-refractivity contribution in [3.05, 3.63) is 58.4 Å². The SMILES string of the molecule is NCc1cc(-c2[nH]c3ccc(Cl)cc3c2CCCC(=O)O)ccc1F. The van der Waals surface area contributed by atoms with Crippen LogP contribution in [0.15, 0.2) is 36.4 Å². The predicted molar refractivity (Wildman–Crippen MR) is 97.2 cm³/mol. The van der Waals surface area contributed by atoms with Gasteiger partial charge in [0, 0.05) is 40.1 Å². The first kappa shape index (κ1) is 17.5. The number of hydrogen-bond acceptors (Lipinski definition) is 2. The molecule has 0 unspecified atom stereocenters. The Hall–Kier alpha value is -2.37. The van der Waals surface area contributed by atoms with E-state index in [1.54, 1.807) is 18.2 Å². The van der Waals surface area contributed by atoms with Crippen LogP contribution in [0.5, 0.6) is 0 Å². The summed E-state index contributed by atoms with van der Waals surface area (Å²) >= 11 is 6.12. The van der Waals surface area contributed by atoms with Gasteiger partial charge in [-0.1, -0.05) is 11.6 Å². The third kappa shape index (κ3) is 3.67. The van der Waals surface area contributed by atoms with Crippen LogP contribution in [0, 0.1) is 5.82 Å². The van der Waals surface area contributed by atoms with Gasteiger partial charge in [-0.3, -0.25) is 4.79 Å². The van der Waals surface area contributed by atoms with Crippen molar-refractivity contribution in [3.63, 3.8) is 0 Å². The third-order valence-corrected chi connectivity index (χ3v) is 4.48. The van der Waals surface area contributed by atoms with Gasteiger partial charge in [0.1, 0.15) is 5.82 Å². The number of aryl methyl sites for hydroxylation is 1. The van der Waals surface area contributed by atoms with Crippen LogP contribution in [0.4, 0.5) is 4.39 Å². The lowest BCUT2D eigenvalue weighted by atomic mass is 9.99. The highest BCUT2D eigenvalue weighted by Crippen LogP contribution is 2.33. The molecule has 0 aliphatic carbocycles. The molecular weight excluding hydrogens is 343 g/mol. The van der Waals surface area contributed by atoms with Crippen LogP contribution in [-0.4, -0.2) is 16.1 Å². The molecule has 0 fully saturated rings. The highest BCUT2D eigenvalue weighted by molar-refractivity contribution is 6.31. The Kier molecular flexibility index (Phi) is 5.06. The van der Waals surface area contributed by atoms with Crippen LogP contribution in [0.3, 0.4) is 0 Å². The fourth-order valence-corrected chi connectivity index (χ4v) is 3.20. The minimum atomic E-state index is -0.827. The maximum atomic E-state index is 13.8. The normalized spacial score (nSPS) is 11.2. The van der Waals surface area contributed by atoms with Crippen molar-refractivity contribution < 1.29 is 14.3 Å². The number of aromatic nitrogens is 1. The molecule has 0 bridgehead atoms. The van der Waals surface area contributed by atoms with Gasteiger partial charge in [-0.2, -0.15) is 0 Å². The van der Waals surface area contributed by atoms with E-state index in [1.165, 1.54) is 6.07 Å². The maximum Gasteiger partial charge on any atom is 0.303 e. The van der Waals surface area contributed by atoms with E-state index in [0.29, 0.717) is 23.4 Å². The number of carboxylic acid groups (broad SMARTS) is 1. The first-order chi connectivity index (χ1) is 12.0. The standard InChI is InChI=1S/C19H18ClFN2O2/c20-13-5-7-17-15(9-13)14(2-1-3-18(24)25)19(23-17)11-4-6-16(21)12(8-11)10-22/h4-9,23H,1-3,10,22H2,(H,24,25). The van der Waals surface area contributed by atoms with Crippen molar-refractivity contribution in [2.45, 2.75) is 25.8 Å². The molecule has 4 N–H and O–H groups in total. The first-order valence-electron chi connectivity index (χ1n) is 8.00. The number of carbonyl (C=O) groups is 1. The number of nitrogens with one attached hydrogen (secondary N) is 1. The number of rotatable bonds is 6. The Morgan fingerprint density at radius 1 is 1.24 bits per heavy atom. The monoisotopic (exact) mass is 360 g/mol. The number of aliphatic carboxylic acids is 1. The molecule has 3 rings (SSSR count). The Morgan fingerprint density at radius 2 is 2.04 bits per heavy atom. The van der Waals surface area contributed by atoms with Gasteiger partial charge in [-0.05, 0) is 60.4 Å². The number of hydrogen-bond donors (Lipinski definition) is 3. The first-order valence-corrected chi connectivity index (χ1v) is 8.38. The van der Waals surface area contributed by atoms with Crippen LogP contribution >= 0.6 is 11.6 Å². The maximum absolute atomic E-state index is 13.8. The average Bonchev–Trinajstić information content (AvgIpc) is 2.93. The lowest BCUT2D eigenvalue weighted by Crippen LogP contribution is -2.00. The van der Waals surface area contributed by atoms with E-state index in [-0.39, 0.29) is 18.8 Å². The Bertz CT molecular complexity index is 937. The third-order valence-electron chi connectivity index (χ3n) is 4.24. The molecule has 2 aromatic carbocycles. The van der Waals surface area contributed by atoms with Crippen LogP contribution in [-0.2, 0) is 17.8 Å². The van der Waals surface area contributed by atoms with Gasteiger partial charge in [0.05, 0.1) is 0 Å². The van der Waals surface area contributed by atoms with Crippen molar-refractivity contribution >= 4 is 28.5 Å². The molecule has 25 heavy (non-hydrogen) atoms. The number of H-pyrrole nitrogens is 1. The molecule has 1 heterocycles. The van der Waals surface area contributed by atoms with Gasteiger partial charge in [0.15, 0.2) is 0 Å². The second kappa shape index (κ2) is 7.25. The van der Waals surface area contributed by atoms with Gasteiger partial charge in [0.2, 0.25) is 0 Å². The summed E-state index contributed by atoms with van der Waals surface area (Å²) in [6, 6.07) is 10.4. The second-order valence-corrected chi connectivity index (χ2v) is 6.36. The number of carboxylic acids is 1. The molecule has 0 spiro atoms. The smallest absolute Gasteiger partial charge is 0.303 e. The van der Waals surface area contributed by atoms with E-state index >= 15 is 0 Å². The molecule has 0 saturated carbocycles. The number of aromatic amines is 1. The summed E-state index contributed by atoms with van der Waals surface area (Å²) < 4.78 is 13.8. The minimum Gasteiger partial charge on any atom is -0.481 e. The van der Waals surface area contributed by atoms with E-state index in [4.69, 9.17) is 22.4 Å². The zero-order chi connectivity index (χ0) is 18.0. The van der Waals surface area contributed by atoms with Crippen LogP contribution in [0.2, 0.25) is 5.02 Å². The summed E-state index contributed by atoms with van der Waals surface area (Å²) in [6.07, 6.45) is 1.17. The Morgan fingerprint density at radius 3 is 2.76 bits per heavy atom. The molecule has 0 radical (unpaired) electrons. The topological polar surface area (TPSA) is 79.1 Å². The molecule has 0 amide bonds. The molecule has 0 atom stereocenters. The highest BCUT2D eigenvalue weighted by Gasteiger charge is 2.15. The van der Waals surface area contributed by atoms with E-state index in [0.717, 1.165) is 27.7 Å². The van der Waals surface area contributed by atoms with Crippen molar-refractivity contribution in [2.75, 3.05) is 0 Å². The lowest BCUT2D eigenvalue weighted by molar-refractivity contribution is -0.137. The lowest BCUT2D eigenvalue weighted by Gasteiger charge is -2.07. The molecule has 4 nitrogen and oxygen atoms in total. The van der Waals surface area contributed by atoms with Crippen LogP contribution < -0.4 is 5.73 Å². The molecule has 0 aliphatic rings. The van der Waals surface area contributed by atoms with Crippen molar-refractivity contribution in [3.8, 4) is 11.3 Å². The quantitative estimate of drug-likeness (QED) is 0.605. The zero-order valence-electron chi connectivity index (χ0n) is 13.5.